The summed E-state index contributed by atoms with van der Waals surface area (Å²) in [4.78, 5) is 21.9. The number of aromatic nitrogens is 2. The zero-order valence-electron chi connectivity index (χ0n) is 12.4. The van der Waals surface area contributed by atoms with Gasteiger partial charge >= 0.3 is 0 Å². The van der Waals surface area contributed by atoms with Crippen LogP contribution >= 0.6 is 0 Å². The fraction of sp³-hybridized carbons (Fsp3) is 0.400. The number of oxime groups is 1. The molecule has 1 unspecified atom stereocenters. The Morgan fingerprint density at radius 3 is 3.05 bits per heavy atom. The number of carbonyl (C=O) groups is 1. The van der Waals surface area contributed by atoms with Crippen molar-refractivity contribution in [2.75, 3.05) is 0 Å². The van der Waals surface area contributed by atoms with Crippen molar-refractivity contribution in [3.63, 3.8) is 0 Å². The molecule has 0 spiro atoms. The van der Waals surface area contributed by atoms with E-state index in [-0.39, 0.29) is 5.91 Å². The van der Waals surface area contributed by atoms with E-state index in [2.05, 4.69) is 15.5 Å². The number of amides is 1. The van der Waals surface area contributed by atoms with E-state index in [1.54, 1.807) is 13.1 Å². The third-order valence-corrected chi connectivity index (χ3v) is 3.71. The van der Waals surface area contributed by atoms with Crippen molar-refractivity contribution in [3.8, 4) is 0 Å². The number of pyridine rings is 1. The van der Waals surface area contributed by atoms with E-state index < -0.39 is 5.60 Å². The summed E-state index contributed by atoms with van der Waals surface area (Å²) in [6.45, 7) is 6.02. The van der Waals surface area contributed by atoms with Crippen LogP contribution in [0.4, 0.5) is 0 Å². The van der Waals surface area contributed by atoms with Crippen LogP contribution in [0, 0.1) is 6.92 Å². The van der Waals surface area contributed by atoms with Gasteiger partial charge in [-0.1, -0.05) is 11.2 Å². The van der Waals surface area contributed by atoms with Crippen molar-refractivity contribution in [3.05, 3.63) is 35.8 Å². The molecule has 0 bridgehead atoms. The Balaban J connectivity index is 1.72. The maximum atomic E-state index is 12.3. The van der Waals surface area contributed by atoms with Crippen LogP contribution in [0.5, 0.6) is 0 Å². The zero-order valence-corrected chi connectivity index (χ0v) is 12.4. The summed E-state index contributed by atoms with van der Waals surface area (Å²) in [7, 11) is 0. The van der Waals surface area contributed by atoms with E-state index in [0.717, 1.165) is 22.6 Å². The first-order chi connectivity index (χ1) is 9.99. The summed E-state index contributed by atoms with van der Waals surface area (Å²) in [5.74, 6) is -0.161. The van der Waals surface area contributed by atoms with E-state index in [9.17, 15) is 4.79 Å². The lowest BCUT2D eigenvalue weighted by Gasteiger charge is -2.20. The van der Waals surface area contributed by atoms with Crippen molar-refractivity contribution < 1.29 is 9.63 Å². The first-order valence-corrected chi connectivity index (χ1v) is 6.91. The molecule has 2 aromatic rings. The van der Waals surface area contributed by atoms with Gasteiger partial charge < -0.3 is 14.6 Å². The molecule has 1 N–H and O–H groups in total. The SMILES string of the molecule is CC1=NOC(C)(C(=O)NCc2cnc3c(C)cccn23)C1. The standard InChI is InChI=1S/C15H18N4O2/c1-10-5-4-6-19-12(8-16-13(10)19)9-17-14(20)15(3)7-11(2)18-21-15/h4-6,8H,7,9H2,1-3H3,(H,17,20). The number of rotatable bonds is 3. The summed E-state index contributed by atoms with van der Waals surface area (Å²) in [5, 5.41) is 6.76. The van der Waals surface area contributed by atoms with E-state index in [0.29, 0.717) is 13.0 Å². The Morgan fingerprint density at radius 2 is 2.33 bits per heavy atom. The molecule has 1 amide bonds. The summed E-state index contributed by atoms with van der Waals surface area (Å²) >= 11 is 0. The van der Waals surface area contributed by atoms with Crippen LogP contribution in [0.3, 0.4) is 0 Å². The molecular formula is C15H18N4O2. The number of fused-ring (bicyclic) bond motifs is 1. The van der Waals surface area contributed by atoms with Crippen molar-refractivity contribution in [2.45, 2.75) is 39.3 Å². The monoisotopic (exact) mass is 286 g/mol. The summed E-state index contributed by atoms with van der Waals surface area (Å²) in [6, 6.07) is 3.98. The molecule has 110 valence electrons. The minimum atomic E-state index is -0.902. The Labute approximate surface area is 122 Å². The van der Waals surface area contributed by atoms with Gasteiger partial charge in [0.15, 0.2) is 0 Å². The van der Waals surface area contributed by atoms with Crippen LogP contribution in [0.1, 0.15) is 31.5 Å². The maximum absolute atomic E-state index is 12.3. The average Bonchev–Trinajstić information content (AvgIpc) is 3.02. The second kappa shape index (κ2) is 4.87. The Kier molecular flexibility index (Phi) is 3.16. The number of carbonyl (C=O) groups excluding carboxylic acids is 1. The van der Waals surface area contributed by atoms with Gasteiger partial charge in [-0.3, -0.25) is 4.79 Å². The van der Waals surface area contributed by atoms with Gasteiger partial charge in [0.1, 0.15) is 5.65 Å². The lowest BCUT2D eigenvalue weighted by atomic mass is 9.99. The molecule has 0 saturated heterocycles. The third kappa shape index (κ3) is 2.37. The van der Waals surface area contributed by atoms with Crippen molar-refractivity contribution in [1.29, 1.82) is 0 Å². The lowest BCUT2D eigenvalue weighted by molar-refractivity contribution is -0.141. The van der Waals surface area contributed by atoms with Crippen LogP contribution in [-0.2, 0) is 16.2 Å². The maximum Gasteiger partial charge on any atom is 0.267 e. The van der Waals surface area contributed by atoms with Crippen LogP contribution < -0.4 is 5.32 Å². The first kappa shape index (κ1) is 13.6. The van der Waals surface area contributed by atoms with Gasteiger partial charge in [-0.25, -0.2) is 4.98 Å². The van der Waals surface area contributed by atoms with E-state index >= 15 is 0 Å². The van der Waals surface area contributed by atoms with Gasteiger partial charge in [0, 0.05) is 12.6 Å². The Bertz CT molecular complexity index is 734. The molecule has 1 atom stereocenters. The Morgan fingerprint density at radius 1 is 1.52 bits per heavy atom. The molecule has 0 radical (unpaired) electrons. The minimum absolute atomic E-state index is 0.161. The predicted octanol–water partition coefficient (Wildman–Crippen LogP) is 1.81. The van der Waals surface area contributed by atoms with E-state index in [4.69, 9.17) is 4.84 Å². The molecule has 6 heteroatoms. The number of hydrogen-bond acceptors (Lipinski definition) is 4. The van der Waals surface area contributed by atoms with Gasteiger partial charge in [0.2, 0.25) is 5.60 Å². The zero-order chi connectivity index (χ0) is 15.0. The molecule has 1 aliphatic rings. The highest BCUT2D eigenvalue weighted by molar-refractivity contribution is 5.94. The van der Waals surface area contributed by atoms with Crippen LogP contribution in [0.15, 0.2) is 29.7 Å². The molecule has 1 aliphatic heterocycles. The molecule has 2 aromatic heterocycles. The largest absolute Gasteiger partial charge is 0.379 e. The van der Waals surface area contributed by atoms with Crippen molar-refractivity contribution >= 4 is 17.3 Å². The van der Waals surface area contributed by atoms with E-state index in [1.165, 1.54) is 0 Å². The van der Waals surface area contributed by atoms with Crippen molar-refractivity contribution in [1.82, 2.24) is 14.7 Å². The highest BCUT2D eigenvalue weighted by Crippen LogP contribution is 2.23. The Hall–Kier alpha value is -2.37. The number of hydrogen-bond donors (Lipinski definition) is 1. The van der Waals surface area contributed by atoms with E-state index in [1.807, 2.05) is 36.6 Å². The smallest absolute Gasteiger partial charge is 0.267 e. The molecule has 3 heterocycles. The highest BCUT2D eigenvalue weighted by atomic mass is 16.7. The normalized spacial score (nSPS) is 21.2. The van der Waals surface area contributed by atoms with Gasteiger partial charge in [0.25, 0.3) is 5.91 Å². The minimum Gasteiger partial charge on any atom is -0.379 e. The number of nitrogens with zero attached hydrogens (tertiary/aromatic N) is 3. The third-order valence-electron chi connectivity index (χ3n) is 3.71. The topological polar surface area (TPSA) is 68.0 Å². The highest BCUT2D eigenvalue weighted by Gasteiger charge is 2.40. The number of nitrogens with one attached hydrogen (secondary N) is 1. The fourth-order valence-electron chi connectivity index (χ4n) is 2.54. The lowest BCUT2D eigenvalue weighted by Crippen LogP contribution is -2.44. The number of aryl methyl sites for hydroxylation is 1. The number of imidazole rings is 1. The second-order valence-electron chi connectivity index (χ2n) is 5.64. The molecule has 0 aromatic carbocycles. The van der Waals surface area contributed by atoms with Crippen LogP contribution in [0.2, 0.25) is 0 Å². The molecule has 21 heavy (non-hydrogen) atoms. The van der Waals surface area contributed by atoms with Gasteiger partial charge in [-0.05, 0) is 32.4 Å². The fourth-order valence-corrected chi connectivity index (χ4v) is 2.54. The summed E-state index contributed by atoms with van der Waals surface area (Å²) < 4.78 is 1.98. The van der Waals surface area contributed by atoms with Gasteiger partial charge in [-0.2, -0.15) is 0 Å². The molecular weight excluding hydrogens is 268 g/mol. The van der Waals surface area contributed by atoms with Crippen LogP contribution in [-0.4, -0.2) is 26.6 Å². The quantitative estimate of drug-likeness (QED) is 0.935. The average molecular weight is 286 g/mol. The molecule has 0 saturated carbocycles. The van der Waals surface area contributed by atoms with Crippen LogP contribution in [0.25, 0.3) is 5.65 Å². The van der Waals surface area contributed by atoms with Crippen molar-refractivity contribution in [2.24, 2.45) is 5.16 Å². The summed E-state index contributed by atoms with van der Waals surface area (Å²) in [5.41, 5.74) is 2.87. The molecule has 0 aliphatic carbocycles. The predicted molar refractivity (Wildman–Crippen MR) is 79.0 cm³/mol. The molecule has 3 rings (SSSR count). The van der Waals surface area contributed by atoms with Gasteiger partial charge in [0.05, 0.1) is 24.1 Å². The second-order valence-corrected chi connectivity index (χ2v) is 5.64. The summed E-state index contributed by atoms with van der Waals surface area (Å²) in [6.07, 6.45) is 4.24. The van der Waals surface area contributed by atoms with Gasteiger partial charge in [-0.15, -0.1) is 0 Å². The first-order valence-electron chi connectivity index (χ1n) is 6.91. The molecule has 0 fully saturated rings. The molecule has 6 nitrogen and oxygen atoms in total.